The Balaban J connectivity index is 1.48. The lowest BCUT2D eigenvalue weighted by Crippen LogP contribution is -2.30. The van der Waals surface area contributed by atoms with Crippen molar-refractivity contribution in [2.24, 2.45) is 0 Å². The Morgan fingerprint density at radius 1 is 1.25 bits per heavy atom. The number of carbonyl (C=O) groups is 1. The number of carbonyl (C=O) groups excluding carboxylic acids is 1. The smallest absolute Gasteiger partial charge is 0.266 e. The summed E-state index contributed by atoms with van der Waals surface area (Å²) in [6.45, 7) is 3.75. The minimum Gasteiger partial charge on any atom is -0.481 e. The minimum absolute atomic E-state index is 0.201. The Bertz CT molecular complexity index is 1030. The van der Waals surface area contributed by atoms with Gasteiger partial charge in [0.05, 0.1) is 6.20 Å². The normalized spacial score (nSPS) is 13.2. The molecule has 3 aromatic rings. The lowest BCUT2D eigenvalue weighted by Gasteiger charge is -2.15. The zero-order valence-corrected chi connectivity index (χ0v) is 16.0. The van der Waals surface area contributed by atoms with Crippen LogP contribution in [0, 0.1) is 6.92 Å². The number of rotatable bonds is 5. The molecule has 1 unspecified atom stereocenters. The van der Waals surface area contributed by atoms with Crippen molar-refractivity contribution in [2.45, 2.75) is 20.0 Å². The maximum Gasteiger partial charge on any atom is 0.266 e. The van der Waals surface area contributed by atoms with Gasteiger partial charge in [-0.2, -0.15) is 5.10 Å². The fourth-order valence-corrected chi connectivity index (χ4v) is 2.95. The first-order valence-electron chi connectivity index (χ1n) is 8.68. The number of fused-ring (bicyclic) bond motifs is 1. The third-order valence-electron chi connectivity index (χ3n) is 4.38. The molecule has 0 bridgehead atoms. The van der Waals surface area contributed by atoms with E-state index in [2.05, 4.69) is 15.5 Å². The van der Waals surface area contributed by atoms with E-state index in [4.69, 9.17) is 25.8 Å². The summed E-state index contributed by atoms with van der Waals surface area (Å²) in [6.07, 6.45) is 0.926. The Morgan fingerprint density at radius 2 is 2.07 bits per heavy atom. The van der Waals surface area contributed by atoms with Crippen molar-refractivity contribution in [1.82, 2.24) is 10.2 Å². The first-order valence-corrected chi connectivity index (χ1v) is 9.06. The van der Waals surface area contributed by atoms with Crippen LogP contribution >= 0.6 is 11.6 Å². The number of aromatic amines is 1. The Kier molecular flexibility index (Phi) is 4.83. The predicted molar refractivity (Wildman–Crippen MR) is 105 cm³/mol. The van der Waals surface area contributed by atoms with Crippen LogP contribution in [0.25, 0.3) is 11.1 Å². The van der Waals surface area contributed by atoms with Gasteiger partial charge < -0.3 is 19.5 Å². The van der Waals surface area contributed by atoms with Crippen LogP contribution in [-0.2, 0) is 4.79 Å². The molecule has 0 spiro atoms. The Morgan fingerprint density at radius 3 is 2.89 bits per heavy atom. The summed E-state index contributed by atoms with van der Waals surface area (Å²) < 4.78 is 16.5. The number of nitrogens with zero attached hydrogens (tertiary/aromatic N) is 1. The number of aromatic nitrogens is 2. The molecule has 1 aliphatic rings. The number of halogens is 1. The van der Waals surface area contributed by atoms with Crippen LogP contribution in [0.4, 0.5) is 5.82 Å². The van der Waals surface area contributed by atoms with E-state index in [0.29, 0.717) is 28.1 Å². The first-order chi connectivity index (χ1) is 13.5. The number of amides is 1. The number of benzene rings is 2. The van der Waals surface area contributed by atoms with Crippen LogP contribution < -0.4 is 19.5 Å². The monoisotopic (exact) mass is 399 g/mol. The van der Waals surface area contributed by atoms with E-state index < -0.39 is 6.10 Å². The van der Waals surface area contributed by atoms with Crippen LogP contribution in [0.1, 0.15) is 12.5 Å². The highest BCUT2D eigenvalue weighted by Gasteiger charge is 2.20. The van der Waals surface area contributed by atoms with E-state index in [0.717, 1.165) is 16.7 Å². The largest absolute Gasteiger partial charge is 0.481 e. The molecule has 7 nitrogen and oxygen atoms in total. The van der Waals surface area contributed by atoms with Crippen LogP contribution in [-0.4, -0.2) is 29.0 Å². The van der Waals surface area contributed by atoms with Gasteiger partial charge >= 0.3 is 0 Å². The summed E-state index contributed by atoms with van der Waals surface area (Å²) in [7, 11) is 0. The molecule has 1 aliphatic heterocycles. The highest BCUT2D eigenvalue weighted by molar-refractivity contribution is 6.31. The van der Waals surface area contributed by atoms with E-state index in [1.54, 1.807) is 31.3 Å². The van der Waals surface area contributed by atoms with Gasteiger partial charge in [-0.15, -0.1) is 0 Å². The standard InChI is InChI=1S/C20H18ClN3O4/c1-11-7-14(4-5-16(11)21)28-12(2)20(25)23-19-15(9-22-24-19)13-3-6-17-18(8-13)27-10-26-17/h3-9,12H,10H2,1-2H3,(H2,22,23,24,25). The van der Waals surface area contributed by atoms with Crippen molar-refractivity contribution < 1.29 is 19.0 Å². The number of anilines is 1. The maximum absolute atomic E-state index is 12.6. The van der Waals surface area contributed by atoms with Crippen LogP contribution in [0.3, 0.4) is 0 Å². The summed E-state index contributed by atoms with van der Waals surface area (Å²) in [5.41, 5.74) is 2.46. The zero-order valence-electron chi connectivity index (χ0n) is 15.3. The average Bonchev–Trinajstić information content (AvgIpc) is 3.33. The third-order valence-corrected chi connectivity index (χ3v) is 4.81. The molecule has 28 heavy (non-hydrogen) atoms. The van der Waals surface area contributed by atoms with Gasteiger partial charge in [0.25, 0.3) is 5.91 Å². The van der Waals surface area contributed by atoms with Crippen LogP contribution in [0.15, 0.2) is 42.6 Å². The molecule has 0 radical (unpaired) electrons. The van der Waals surface area contributed by atoms with Crippen molar-refractivity contribution in [3.8, 4) is 28.4 Å². The number of hydrogen-bond acceptors (Lipinski definition) is 5. The first kappa shape index (κ1) is 18.2. The molecular formula is C20H18ClN3O4. The fourth-order valence-electron chi connectivity index (χ4n) is 2.84. The van der Waals surface area contributed by atoms with Crippen molar-refractivity contribution in [3.63, 3.8) is 0 Å². The van der Waals surface area contributed by atoms with E-state index in [1.807, 2.05) is 25.1 Å². The lowest BCUT2D eigenvalue weighted by atomic mass is 10.1. The van der Waals surface area contributed by atoms with Gasteiger partial charge in [0.15, 0.2) is 17.6 Å². The molecule has 4 rings (SSSR count). The summed E-state index contributed by atoms with van der Waals surface area (Å²) in [5, 5.41) is 10.3. The second-order valence-corrected chi connectivity index (χ2v) is 6.79. The fraction of sp³-hybridized carbons (Fsp3) is 0.200. The van der Waals surface area contributed by atoms with Gasteiger partial charge in [-0.3, -0.25) is 9.89 Å². The van der Waals surface area contributed by atoms with Crippen LogP contribution in [0.5, 0.6) is 17.2 Å². The summed E-state index contributed by atoms with van der Waals surface area (Å²) in [6, 6.07) is 10.8. The molecule has 0 aliphatic carbocycles. The minimum atomic E-state index is -0.714. The third kappa shape index (κ3) is 3.61. The summed E-state index contributed by atoms with van der Waals surface area (Å²) in [4.78, 5) is 12.6. The number of ether oxygens (including phenoxy) is 3. The van der Waals surface area contributed by atoms with Crippen molar-refractivity contribution in [3.05, 3.63) is 53.2 Å². The number of nitrogens with one attached hydrogen (secondary N) is 2. The van der Waals surface area contributed by atoms with E-state index in [-0.39, 0.29) is 12.7 Å². The summed E-state index contributed by atoms with van der Waals surface area (Å²) in [5.74, 6) is 2.10. The molecule has 0 saturated carbocycles. The predicted octanol–water partition coefficient (Wildman–Crippen LogP) is 4.17. The van der Waals surface area contributed by atoms with E-state index in [1.165, 1.54) is 0 Å². The second kappa shape index (κ2) is 7.44. The molecule has 2 heterocycles. The van der Waals surface area contributed by atoms with Gasteiger partial charge in [-0.1, -0.05) is 17.7 Å². The van der Waals surface area contributed by atoms with E-state index in [9.17, 15) is 4.79 Å². The van der Waals surface area contributed by atoms with Crippen molar-refractivity contribution in [1.29, 1.82) is 0 Å². The van der Waals surface area contributed by atoms with Crippen molar-refractivity contribution >= 4 is 23.3 Å². The van der Waals surface area contributed by atoms with Crippen molar-refractivity contribution in [2.75, 3.05) is 12.1 Å². The van der Waals surface area contributed by atoms with Gasteiger partial charge in [0.2, 0.25) is 6.79 Å². The molecule has 1 atom stereocenters. The highest BCUT2D eigenvalue weighted by atomic mass is 35.5. The Hall–Kier alpha value is -3.19. The molecule has 0 fully saturated rings. The van der Waals surface area contributed by atoms with Gasteiger partial charge in [0.1, 0.15) is 11.6 Å². The highest BCUT2D eigenvalue weighted by Crippen LogP contribution is 2.37. The molecule has 1 amide bonds. The number of aryl methyl sites for hydroxylation is 1. The zero-order chi connectivity index (χ0) is 19.7. The van der Waals surface area contributed by atoms with Gasteiger partial charge in [-0.25, -0.2) is 0 Å². The number of H-pyrrole nitrogens is 1. The molecule has 2 N–H and O–H groups in total. The van der Waals surface area contributed by atoms with E-state index >= 15 is 0 Å². The molecular weight excluding hydrogens is 382 g/mol. The molecule has 2 aromatic carbocycles. The second-order valence-electron chi connectivity index (χ2n) is 6.39. The van der Waals surface area contributed by atoms with Crippen LogP contribution in [0.2, 0.25) is 5.02 Å². The molecule has 1 aromatic heterocycles. The SMILES string of the molecule is Cc1cc(OC(C)C(=O)Nc2[nH]ncc2-c2ccc3c(c2)OCO3)ccc1Cl. The Labute approximate surface area is 166 Å². The molecule has 0 saturated heterocycles. The number of hydrogen-bond donors (Lipinski definition) is 2. The molecule has 8 heteroatoms. The molecule has 144 valence electrons. The summed E-state index contributed by atoms with van der Waals surface area (Å²) >= 11 is 6.02. The maximum atomic E-state index is 12.6. The quantitative estimate of drug-likeness (QED) is 0.672. The van der Waals surface area contributed by atoms with Gasteiger partial charge in [-0.05, 0) is 55.3 Å². The van der Waals surface area contributed by atoms with Gasteiger partial charge in [0, 0.05) is 10.6 Å². The lowest BCUT2D eigenvalue weighted by molar-refractivity contribution is -0.122. The average molecular weight is 400 g/mol. The topological polar surface area (TPSA) is 85.5 Å².